The van der Waals surface area contributed by atoms with Gasteiger partial charge in [0.05, 0.1) is 6.10 Å². The van der Waals surface area contributed by atoms with Crippen LogP contribution in [0.3, 0.4) is 0 Å². The van der Waals surface area contributed by atoms with Crippen LogP contribution in [0.4, 0.5) is 0 Å². The molecule has 0 radical (unpaired) electrons. The van der Waals surface area contributed by atoms with Crippen molar-refractivity contribution in [3.05, 3.63) is 12.2 Å². The Hall–Kier alpha value is 0.430. The molecule has 0 spiro atoms. The van der Waals surface area contributed by atoms with Crippen molar-refractivity contribution in [3.63, 3.8) is 0 Å². The van der Waals surface area contributed by atoms with E-state index >= 15 is 0 Å². The van der Waals surface area contributed by atoms with E-state index in [-0.39, 0.29) is 0 Å². The van der Waals surface area contributed by atoms with Crippen molar-refractivity contribution in [3.8, 4) is 0 Å². The van der Waals surface area contributed by atoms with E-state index in [9.17, 15) is 0 Å². The van der Waals surface area contributed by atoms with Gasteiger partial charge in [-0.25, -0.2) is 0 Å². The summed E-state index contributed by atoms with van der Waals surface area (Å²) in [5, 5.41) is 0. The summed E-state index contributed by atoms with van der Waals surface area (Å²) in [6.07, 6.45) is 7.26. The van der Waals surface area contributed by atoms with Crippen molar-refractivity contribution in [2.45, 2.75) is 29.8 Å². The SMILES string of the molecule is CCOC1C=CCCC1I. The van der Waals surface area contributed by atoms with Crippen LogP contribution in [0.25, 0.3) is 0 Å². The molecule has 0 N–H and O–H groups in total. The molecule has 1 aliphatic carbocycles. The number of rotatable bonds is 2. The van der Waals surface area contributed by atoms with Gasteiger partial charge >= 0.3 is 0 Å². The number of hydrogen-bond acceptors (Lipinski definition) is 1. The van der Waals surface area contributed by atoms with Crippen molar-refractivity contribution in [1.82, 2.24) is 0 Å². The van der Waals surface area contributed by atoms with Gasteiger partial charge in [-0.3, -0.25) is 0 Å². The summed E-state index contributed by atoms with van der Waals surface area (Å²) >= 11 is 2.47. The summed E-state index contributed by atoms with van der Waals surface area (Å²) in [5.74, 6) is 0. The molecule has 0 heterocycles. The highest BCUT2D eigenvalue weighted by molar-refractivity contribution is 14.1. The predicted molar refractivity (Wildman–Crippen MR) is 51.6 cm³/mol. The lowest BCUT2D eigenvalue weighted by Crippen LogP contribution is -2.24. The Labute approximate surface area is 76.0 Å². The zero-order valence-electron chi connectivity index (χ0n) is 6.22. The lowest BCUT2D eigenvalue weighted by atomic mass is 10.1. The first kappa shape index (κ1) is 8.53. The van der Waals surface area contributed by atoms with Crippen LogP contribution >= 0.6 is 22.6 Å². The summed E-state index contributed by atoms with van der Waals surface area (Å²) in [7, 11) is 0. The molecule has 2 unspecified atom stereocenters. The van der Waals surface area contributed by atoms with E-state index in [4.69, 9.17) is 4.74 Å². The Kier molecular flexibility index (Phi) is 3.70. The molecule has 0 saturated heterocycles. The van der Waals surface area contributed by atoms with Crippen molar-refractivity contribution < 1.29 is 4.74 Å². The van der Waals surface area contributed by atoms with Crippen LogP contribution in [-0.4, -0.2) is 16.6 Å². The first-order chi connectivity index (χ1) is 4.84. The first-order valence-electron chi connectivity index (χ1n) is 3.77. The van der Waals surface area contributed by atoms with E-state index in [2.05, 4.69) is 34.7 Å². The molecule has 0 saturated carbocycles. The zero-order valence-corrected chi connectivity index (χ0v) is 8.37. The van der Waals surface area contributed by atoms with Crippen LogP contribution in [0.1, 0.15) is 19.8 Å². The standard InChI is InChI=1S/C8H13IO/c1-2-10-8-6-4-3-5-7(8)9/h4,6-8H,2-3,5H2,1H3. The van der Waals surface area contributed by atoms with Gasteiger partial charge in [0.15, 0.2) is 0 Å². The lowest BCUT2D eigenvalue weighted by Gasteiger charge is -2.22. The van der Waals surface area contributed by atoms with Crippen molar-refractivity contribution >= 4 is 22.6 Å². The summed E-state index contributed by atoms with van der Waals surface area (Å²) in [5.41, 5.74) is 0. The maximum atomic E-state index is 5.50. The molecule has 10 heavy (non-hydrogen) atoms. The quantitative estimate of drug-likeness (QED) is 0.417. The third-order valence-electron chi connectivity index (χ3n) is 1.65. The Morgan fingerprint density at radius 2 is 2.50 bits per heavy atom. The maximum absolute atomic E-state index is 5.50. The molecule has 0 aromatic carbocycles. The van der Waals surface area contributed by atoms with E-state index in [1.807, 2.05) is 6.92 Å². The predicted octanol–water partition coefficient (Wildman–Crippen LogP) is 2.55. The molecule has 2 heteroatoms. The second kappa shape index (κ2) is 4.34. The second-order valence-corrected chi connectivity index (χ2v) is 4.04. The van der Waals surface area contributed by atoms with Gasteiger partial charge in [-0.1, -0.05) is 34.7 Å². The maximum Gasteiger partial charge on any atom is 0.0873 e. The van der Waals surface area contributed by atoms with E-state index in [0.717, 1.165) is 6.61 Å². The van der Waals surface area contributed by atoms with Gasteiger partial charge in [-0.2, -0.15) is 0 Å². The summed E-state index contributed by atoms with van der Waals surface area (Å²) in [6, 6.07) is 0. The zero-order chi connectivity index (χ0) is 7.40. The van der Waals surface area contributed by atoms with Gasteiger partial charge in [0.1, 0.15) is 0 Å². The van der Waals surface area contributed by atoms with E-state index in [1.165, 1.54) is 12.8 Å². The van der Waals surface area contributed by atoms with Crippen molar-refractivity contribution in [2.75, 3.05) is 6.61 Å². The molecule has 58 valence electrons. The van der Waals surface area contributed by atoms with Gasteiger partial charge < -0.3 is 4.74 Å². The Morgan fingerprint density at radius 1 is 1.70 bits per heavy atom. The minimum Gasteiger partial charge on any atom is -0.373 e. The largest absolute Gasteiger partial charge is 0.373 e. The molecule has 1 aliphatic rings. The molecule has 1 nitrogen and oxygen atoms in total. The number of allylic oxidation sites excluding steroid dienone is 1. The molecule has 0 aromatic heterocycles. The molecule has 1 rings (SSSR count). The second-order valence-electron chi connectivity index (χ2n) is 2.44. The molecule has 0 amide bonds. The third kappa shape index (κ3) is 2.23. The Balaban J connectivity index is 2.39. The third-order valence-corrected chi connectivity index (χ3v) is 2.98. The fourth-order valence-electron chi connectivity index (χ4n) is 1.12. The minimum atomic E-state index is 0.374. The fraction of sp³-hybridized carbons (Fsp3) is 0.750. The van der Waals surface area contributed by atoms with Crippen molar-refractivity contribution in [2.24, 2.45) is 0 Å². The van der Waals surface area contributed by atoms with Gasteiger partial charge in [-0.15, -0.1) is 0 Å². The normalized spacial score (nSPS) is 32.6. The van der Waals surface area contributed by atoms with E-state index < -0.39 is 0 Å². The monoisotopic (exact) mass is 252 g/mol. The number of ether oxygens (including phenoxy) is 1. The lowest BCUT2D eigenvalue weighted by molar-refractivity contribution is 0.0933. The molecular weight excluding hydrogens is 239 g/mol. The van der Waals surface area contributed by atoms with Gasteiger partial charge in [0.2, 0.25) is 0 Å². The number of alkyl halides is 1. The number of hydrogen-bond donors (Lipinski definition) is 0. The molecule has 0 aliphatic heterocycles. The van der Waals surface area contributed by atoms with Crippen LogP contribution in [0.5, 0.6) is 0 Å². The molecule has 0 bridgehead atoms. The van der Waals surface area contributed by atoms with E-state index in [0.29, 0.717) is 10.0 Å². The molecule has 0 fully saturated rings. The smallest absolute Gasteiger partial charge is 0.0873 e. The van der Waals surface area contributed by atoms with E-state index in [1.54, 1.807) is 0 Å². The fourth-order valence-corrected chi connectivity index (χ4v) is 1.93. The summed E-state index contributed by atoms with van der Waals surface area (Å²) in [4.78, 5) is 0. The van der Waals surface area contributed by atoms with Gasteiger partial charge in [0, 0.05) is 10.5 Å². The highest BCUT2D eigenvalue weighted by Gasteiger charge is 2.17. The average molecular weight is 252 g/mol. The Morgan fingerprint density at radius 3 is 3.10 bits per heavy atom. The molecule has 0 aromatic rings. The average Bonchev–Trinajstić information content (AvgIpc) is 1.94. The highest BCUT2D eigenvalue weighted by atomic mass is 127. The highest BCUT2D eigenvalue weighted by Crippen LogP contribution is 2.21. The van der Waals surface area contributed by atoms with Crippen LogP contribution in [0, 0.1) is 0 Å². The van der Waals surface area contributed by atoms with Crippen molar-refractivity contribution in [1.29, 1.82) is 0 Å². The number of halogens is 1. The van der Waals surface area contributed by atoms with Crippen LogP contribution in [-0.2, 0) is 4.74 Å². The summed E-state index contributed by atoms with van der Waals surface area (Å²) < 4.78 is 6.18. The molecular formula is C8H13IO. The summed E-state index contributed by atoms with van der Waals surface area (Å²) in [6.45, 7) is 2.88. The topological polar surface area (TPSA) is 9.23 Å². The van der Waals surface area contributed by atoms with Gasteiger partial charge in [-0.05, 0) is 19.8 Å². The first-order valence-corrected chi connectivity index (χ1v) is 5.01. The van der Waals surface area contributed by atoms with Crippen LogP contribution in [0.15, 0.2) is 12.2 Å². The van der Waals surface area contributed by atoms with Crippen LogP contribution in [0.2, 0.25) is 0 Å². The van der Waals surface area contributed by atoms with Crippen LogP contribution < -0.4 is 0 Å². The molecule has 2 atom stereocenters. The minimum absolute atomic E-state index is 0.374. The Bertz CT molecular complexity index is 122. The van der Waals surface area contributed by atoms with Gasteiger partial charge in [0.25, 0.3) is 0 Å².